The van der Waals surface area contributed by atoms with Crippen LogP contribution in [0, 0.1) is 23.7 Å². The van der Waals surface area contributed by atoms with Gasteiger partial charge >= 0.3 is 6.18 Å². The Balaban J connectivity index is 1.48. The number of fused-ring (bicyclic) bond motifs is 5. The molecule has 0 spiro atoms. The summed E-state index contributed by atoms with van der Waals surface area (Å²) in [5.41, 5.74) is -1.35. The summed E-state index contributed by atoms with van der Waals surface area (Å²) in [5, 5.41) is 2.18. The van der Waals surface area contributed by atoms with E-state index in [4.69, 9.17) is 0 Å². The largest absolute Gasteiger partial charge is 0.418 e. The number of carbonyl (C=O) groups excluding carboxylic acids is 3. The molecular formula is C18H17F3N2O3. The lowest BCUT2D eigenvalue weighted by atomic mass is 9.81. The van der Waals surface area contributed by atoms with Crippen LogP contribution in [-0.4, -0.2) is 29.2 Å². The highest BCUT2D eigenvalue weighted by atomic mass is 19.4. The molecule has 5 nitrogen and oxygen atoms in total. The summed E-state index contributed by atoms with van der Waals surface area (Å²) in [6.45, 7) is -0.545. The van der Waals surface area contributed by atoms with E-state index in [0.717, 1.165) is 36.3 Å². The third kappa shape index (κ3) is 2.59. The number of anilines is 1. The van der Waals surface area contributed by atoms with Crippen molar-refractivity contribution in [1.82, 2.24) is 4.90 Å². The Bertz CT molecular complexity index is 764. The van der Waals surface area contributed by atoms with Crippen LogP contribution >= 0.6 is 0 Å². The van der Waals surface area contributed by atoms with Crippen molar-refractivity contribution in [1.29, 1.82) is 0 Å². The maximum atomic E-state index is 13.0. The fourth-order valence-corrected chi connectivity index (χ4v) is 4.80. The third-order valence-electron chi connectivity index (χ3n) is 5.83. The van der Waals surface area contributed by atoms with E-state index in [0.29, 0.717) is 0 Å². The number of amides is 3. The molecule has 0 aromatic heterocycles. The summed E-state index contributed by atoms with van der Waals surface area (Å²) in [6, 6.07) is 4.61. The lowest BCUT2D eigenvalue weighted by Crippen LogP contribution is -2.39. The number of nitrogens with one attached hydrogen (secondary N) is 1. The molecule has 1 saturated heterocycles. The van der Waals surface area contributed by atoms with Crippen LogP contribution in [0.2, 0.25) is 0 Å². The number of benzene rings is 1. The molecule has 1 N–H and O–H groups in total. The number of hydrogen-bond acceptors (Lipinski definition) is 3. The molecule has 138 valence electrons. The monoisotopic (exact) mass is 366 g/mol. The van der Waals surface area contributed by atoms with Gasteiger partial charge in [0.2, 0.25) is 17.7 Å². The van der Waals surface area contributed by atoms with Gasteiger partial charge in [-0.25, -0.2) is 0 Å². The van der Waals surface area contributed by atoms with Crippen LogP contribution in [0.25, 0.3) is 0 Å². The van der Waals surface area contributed by atoms with Crippen LogP contribution < -0.4 is 5.32 Å². The summed E-state index contributed by atoms with van der Waals surface area (Å²) in [6.07, 6.45) is -1.89. The summed E-state index contributed by atoms with van der Waals surface area (Å²) in [5.74, 6) is -1.83. The molecule has 4 rings (SSSR count). The first-order valence-electron chi connectivity index (χ1n) is 8.58. The van der Waals surface area contributed by atoms with Gasteiger partial charge in [-0.1, -0.05) is 12.1 Å². The molecule has 0 unspecified atom stereocenters. The van der Waals surface area contributed by atoms with Gasteiger partial charge in [-0.3, -0.25) is 19.3 Å². The smallest absolute Gasteiger partial charge is 0.324 e. The summed E-state index contributed by atoms with van der Waals surface area (Å²) in [7, 11) is 0. The van der Waals surface area contributed by atoms with Gasteiger partial charge in [-0.15, -0.1) is 0 Å². The van der Waals surface area contributed by atoms with E-state index in [1.165, 1.54) is 12.1 Å². The average Bonchev–Trinajstić information content (AvgIpc) is 3.24. The number of alkyl halides is 3. The van der Waals surface area contributed by atoms with Crippen molar-refractivity contribution in [2.75, 3.05) is 11.9 Å². The predicted molar refractivity (Wildman–Crippen MR) is 84.6 cm³/mol. The molecule has 3 aliphatic rings. The van der Waals surface area contributed by atoms with Crippen LogP contribution in [0.15, 0.2) is 24.3 Å². The highest BCUT2D eigenvalue weighted by Gasteiger charge is 2.60. The first kappa shape index (κ1) is 17.1. The predicted octanol–water partition coefficient (Wildman–Crippen LogP) is 2.68. The first-order valence-corrected chi connectivity index (χ1v) is 8.58. The Hall–Kier alpha value is -2.38. The van der Waals surface area contributed by atoms with Gasteiger partial charge in [0.25, 0.3) is 0 Å². The molecule has 4 atom stereocenters. The van der Waals surface area contributed by atoms with E-state index in [-0.39, 0.29) is 41.2 Å². The zero-order valence-corrected chi connectivity index (χ0v) is 13.8. The number of nitrogens with zero attached hydrogens (tertiary/aromatic N) is 1. The van der Waals surface area contributed by atoms with E-state index in [1.807, 2.05) is 0 Å². The van der Waals surface area contributed by atoms with Crippen LogP contribution in [-0.2, 0) is 20.6 Å². The lowest BCUT2D eigenvalue weighted by Gasteiger charge is -2.19. The molecule has 1 aromatic rings. The molecule has 2 saturated carbocycles. The zero-order valence-electron chi connectivity index (χ0n) is 13.8. The standard InChI is InChI=1S/C18H17F3N2O3/c19-18(20,21)11-3-1-2-4-12(11)22-13(24)8-23-16(25)14-9-5-6-10(7-9)15(14)17(23)26/h1-4,9-10,14-15H,5-8H2,(H,22,24)/t9-,10-,14+,15+/m1/s1. The Labute approximate surface area is 147 Å². The molecule has 26 heavy (non-hydrogen) atoms. The van der Waals surface area contributed by atoms with Gasteiger partial charge in [0.15, 0.2) is 0 Å². The van der Waals surface area contributed by atoms with Gasteiger partial charge in [0, 0.05) is 0 Å². The van der Waals surface area contributed by atoms with Gasteiger partial charge in [-0.05, 0) is 43.2 Å². The number of rotatable bonds is 3. The summed E-state index contributed by atoms with van der Waals surface area (Å²) >= 11 is 0. The van der Waals surface area contributed by atoms with E-state index < -0.39 is 24.2 Å². The molecule has 1 heterocycles. The van der Waals surface area contributed by atoms with Crippen molar-refractivity contribution in [3.8, 4) is 0 Å². The number of halogens is 3. The zero-order chi connectivity index (χ0) is 18.6. The first-order chi connectivity index (χ1) is 12.3. The Kier molecular flexibility index (Phi) is 3.82. The van der Waals surface area contributed by atoms with Crippen molar-refractivity contribution in [3.63, 3.8) is 0 Å². The minimum absolute atomic E-state index is 0.195. The minimum Gasteiger partial charge on any atom is -0.324 e. The van der Waals surface area contributed by atoms with Crippen LogP contribution in [0.5, 0.6) is 0 Å². The summed E-state index contributed by atoms with van der Waals surface area (Å²) < 4.78 is 39.0. The second kappa shape index (κ2) is 5.82. The molecule has 8 heteroatoms. The molecule has 0 radical (unpaired) electrons. The highest BCUT2D eigenvalue weighted by Crippen LogP contribution is 2.56. The maximum absolute atomic E-state index is 13.0. The average molecular weight is 366 g/mol. The molecule has 2 aliphatic carbocycles. The molecule has 3 fully saturated rings. The van der Waals surface area contributed by atoms with E-state index in [1.54, 1.807) is 0 Å². The number of likely N-dealkylation sites (tertiary alicyclic amines) is 1. The molecule has 2 bridgehead atoms. The van der Waals surface area contributed by atoms with Gasteiger partial charge in [0.1, 0.15) is 6.54 Å². The van der Waals surface area contributed by atoms with E-state index in [2.05, 4.69) is 5.32 Å². The topological polar surface area (TPSA) is 66.5 Å². The number of para-hydroxylation sites is 1. The van der Waals surface area contributed by atoms with Crippen LogP contribution in [0.4, 0.5) is 18.9 Å². The van der Waals surface area contributed by atoms with E-state index in [9.17, 15) is 27.6 Å². The lowest BCUT2D eigenvalue weighted by molar-refractivity contribution is -0.143. The number of carbonyl (C=O) groups is 3. The van der Waals surface area contributed by atoms with Crippen molar-refractivity contribution in [2.24, 2.45) is 23.7 Å². The second-order valence-electron chi connectivity index (χ2n) is 7.24. The summed E-state index contributed by atoms with van der Waals surface area (Å²) in [4.78, 5) is 38.2. The van der Waals surface area contributed by atoms with Crippen molar-refractivity contribution in [3.05, 3.63) is 29.8 Å². The fraction of sp³-hybridized carbons (Fsp3) is 0.500. The highest BCUT2D eigenvalue weighted by molar-refractivity contribution is 6.09. The molecule has 1 aliphatic heterocycles. The Morgan fingerprint density at radius 3 is 2.23 bits per heavy atom. The van der Waals surface area contributed by atoms with E-state index >= 15 is 0 Å². The normalized spacial score (nSPS) is 30.0. The van der Waals surface area contributed by atoms with Crippen LogP contribution in [0.1, 0.15) is 24.8 Å². The quantitative estimate of drug-likeness (QED) is 0.837. The Morgan fingerprint density at radius 2 is 1.65 bits per heavy atom. The molecule has 3 amide bonds. The van der Waals surface area contributed by atoms with Crippen molar-refractivity contribution >= 4 is 23.4 Å². The van der Waals surface area contributed by atoms with Gasteiger partial charge in [-0.2, -0.15) is 13.2 Å². The number of imide groups is 1. The minimum atomic E-state index is -4.61. The third-order valence-corrected chi connectivity index (χ3v) is 5.83. The van der Waals surface area contributed by atoms with Crippen molar-refractivity contribution in [2.45, 2.75) is 25.4 Å². The van der Waals surface area contributed by atoms with Gasteiger partial charge in [0.05, 0.1) is 23.1 Å². The van der Waals surface area contributed by atoms with Crippen molar-refractivity contribution < 1.29 is 27.6 Å². The van der Waals surface area contributed by atoms with Gasteiger partial charge < -0.3 is 5.32 Å². The fourth-order valence-electron chi connectivity index (χ4n) is 4.80. The maximum Gasteiger partial charge on any atom is 0.418 e. The SMILES string of the molecule is O=C(CN1C(=O)[C@H]2[C@@H]3CC[C@H](C3)[C@@H]2C1=O)Nc1ccccc1C(F)(F)F. The Morgan fingerprint density at radius 1 is 1.08 bits per heavy atom. The van der Waals surface area contributed by atoms with Crippen LogP contribution in [0.3, 0.4) is 0 Å². The molecule has 1 aromatic carbocycles. The number of hydrogen-bond donors (Lipinski definition) is 1. The molecular weight excluding hydrogens is 349 g/mol. The second-order valence-corrected chi connectivity index (χ2v) is 7.24.